The van der Waals surface area contributed by atoms with E-state index in [-0.39, 0.29) is 18.6 Å². The predicted molar refractivity (Wildman–Crippen MR) is 88.3 cm³/mol. The molecule has 5 nitrogen and oxygen atoms in total. The molecular formula is C11H15N3O2S4. The van der Waals surface area contributed by atoms with Crippen molar-refractivity contribution in [3.63, 3.8) is 0 Å². The van der Waals surface area contributed by atoms with Gasteiger partial charge in [0.2, 0.25) is 0 Å². The lowest BCUT2D eigenvalue weighted by Crippen LogP contribution is -2.44. The van der Waals surface area contributed by atoms with Crippen LogP contribution in [0.4, 0.5) is 5.13 Å². The molecule has 0 amide bonds. The highest BCUT2D eigenvalue weighted by atomic mass is 32.2. The summed E-state index contributed by atoms with van der Waals surface area (Å²) in [5.41, 5.74) is 6.27. The zero-order valence-electron chi connectivity index (χ0n) is 10.6. The van der Waals surface area contributed by atoms with Gasteiger partial charge < -0.3 is 10.5 Å². The number of esters is 1. The topological polar surface area (TPSA) is 68.5 Å². The number of carbonyl (C=O) groups excluding carboxylic acids is 1. The summed E-state index contributed by atoms with van der Waals surface area (Å²) in [5, 5.41) is 3.05. The second kappa shape index (κ2) is 6.35. The first-order chi connectivity index (χ1) is 9.69. The van der Waals surface area contributed by atoms with Crippen molar-refractivity contribution in [3.8, 4) is 0 Å². The van der Waals surface area contributed by atoms with Crippen molar-refractivity contribution in [1.82, 2.24) is 9.88 Å². The Hall–Kier alpha value is -0.0900. The van der Waals surface area contributed by atoms with E-state index in [0.717, 1.165) is 17.3 Å². The van der Waals surface area contributed by atoms with Gasteiger partial charge >= 0.3 is 5.97 Å². The fourth-order valence-corrected chi connectivity index (χ4v) is 6.40. The molecule has 2 N–H and O–H groups in total. The number of nitrogens with zero attached hydrogens (tertiary/aromatic N) is 2. The number of thioether (sulfide) groups is 2. The van der Waals surface area contributed by atoms with Crippen LogP contribution in [0.25, 0.3) is 0 Å². The highest BCUT2D eigenvalue weighted by Crippen LogP contribution is 2.42. The number of nitrogen functional groups attached to an aromatic ring is 1. The van der Waals surface area contributed by atoms with Crippen LogP contribution in [0.15, 0.2) is 5.38 Å². The smallest absolute Gasteiger partial charge is 0.324 e. The Morgan fingerprint density at radius 3 is 3.10 bits per heavy atom. The van der Waals surface area contributed by atoms with Crippen LogP contribution in [-0.4, -0.2) is 49.9 Å². The van der Waals surface area contributed by atoms with Crippen LogP contribution in [0.3, 0.4) is 0 Å². The monoisotopic (exact) mass is 349 g/mol. The van der Waals surface area contributed by atoms with Crippen molar-refractivity contribution < 1.29 is 9.53 Å². The van der Waals surface area contributed by atoms with Gasteiger partial charge in [-0.25, -0.2) is 4.98 Å². The summed E-state index contributed by atoms with van der Waals surface area (Å²) in [4.78, 5) is 18.6. The van der Waals surface area contributed by atoms with Gasteiger partial charge in [0.15, 0.2) is 5.13 Å². The van der Waals surface area contributed by atoms with Gasteiger partial charge in [0.05, 0.1) is 16.4 Å². The fraction of sp³-hybridized carbons (Fsp3) is 0.636. The molecule has 2 aliphatic heterocycles. The number of fused-ring (bicyclic) bond motifs is 1. The first-order valence-corrected chi connectivity index (χ1v) is 9.78. The summed E-state index contributed by atoms with van der Waals surface area (Å²) in [7, 11) is 0. The summed E-state index contributed by atoms with van der Waals surface area (Å²) in [5.74, 6) is 2.45. The second-order valence-corrected chi connectivity index (χ2v) is 8.18. The Morgan fingerprint density at radius 2 is 2.40 bits per heavy atom. The van der Waals surface area contributed by atoms with E-state index in [1.807, 2.05) is 28.9 Å². The summed E-state index contributed by atoms with van der Waals surface area (Å²) in [6.07, 6.45) is 0. The Balaban J connectivity index is 1.59. The van der Waals surface area contributed by atoms with Crippen molar-refractivity contribution in [2.75, 3.05) is 23.0 Å². The molecule has 0 aliphatic carbocycles. The highest BCUT2D eigenvalue weighted by Gasteiger charge is 2.47. The van der Waals surface area contributed by atoms with Gasteiger partial charge in [-0.1, -0.05) is 0 Å². The third-order valence-corrected chi connectivity index (χ3v) is 7.40. The SMILES string of the molecule is Nc1nc(COC(=O)[C@@H]2CS[C@H]3CS[C@H](CS)N32)cs1. The fourth-order valence-electron chi connectivity index (χ4n) is 2.34. The van der Waals surface area contributed by atoms with Crippen LogP contribution in [0, 0.1) is 0 Å². The van der Waals surface area contributed by atoms with Gasteiger partial charge in [0, 0.05) is 22.6 Å². The lowest BCUT2D eigenvalue weighted by Gasteiger charge is -2.26. The van der Waals surface area contributed by atoms with E-state index in [9.17, 15) is 4.79 Å². The minimum Gasteiger partial charge on any atom is -0.458 e. The third kappa shape index (κ3) is 2.92. The molecule has 0 spiro atoms. The van der Waals surface area contributed by atoms with Crippen LogP contribution in [-0.2, 0) is 16.1 Å². The first-order valence-electron chi connectivity index (χ1n) is 6.17. The third-order valence-electron chi connectivity index (χ3n) is 3.26. The number of ether oxygens (including phenoxy) is 1. The Kier molecular flexibility index (Phi) is 4.71. The number of anilines is 1. The van der Waals surface area contributed by atoms with E-state index in [1.165, 1.54) is 11.3 Å². The zero-order valence-corrected chi connectivity index (χ0v) is 13.9. The van der Waals surface area contributed by atoms with Gasteiger partial charge in [-0.2, -0.15) is 12.6 Å². The molecule has 3 rings (SSSR count). The molecule has 0 aromatic carbocycles. The van der Waals surface area contributed by atoms with Crippen LogP contribution < -0.4 is 5.73 Å². The first kappa shape index (κ1) is 14.8. The number of thiazole rings is 1. The minimum atomic E-state index is -0.166. The molecule has 3 heterocycles. The highest BCUT2D eigenvalue weighted by molar-refractivity contribution is 8.05. The van der Waals surface area contributed by atoms with Crippen LogP contribution in [0.2, 0.25) is 0 Å². The number of thiol groups is 1. The largest absolute Gasteiger partial charge is 0.458 e. The van der Waals surface area contributed by atoms with Gasteiger partial charge in [-0.05, 0) is 0 Å². The number of aromatic nitrogens is 1. The van der Waals surface area contributed by atoms with Crippen molar-refractivity contribution in [2.45, 2.75) is 23.4 Å². The second-order valence-electron chi connectivity index (χ2n) is 4.51. The van der Waals surface area contributed by atoms with E-state index in [1.54, 1.807) is 0 Å². The van der Waals surface area contributed by atoms with E-state index < -0.39 is 0 Å². The zero-order chi connectivity index (χ0) is 14.1. The standard InChI is InChI=1S/C11H15N3O2S4/c12-11-13-6(3-20-11)1-16-10(15)7-4-18-9-5-19-8(2-17)14(7)9/h3,7-9,17H,1-2,4-5H2,(H2,12,13)/t7-,8+,9-/m0/s1. The molecule has 0 bridgehead atoms. The Labute approximate surface area is 135 Å². The lowest BCUT2D eigenvalue weighted by molar-refractivity contribution is -0.150. The quantitative estimate of drug-likeness (QED) is 0.631. The normalized spacial score (nSPS) is 29.6. The summed E-state index contributed by atoms with van der Waals surface area (Å²) in [6.45, 7) is 0.199. The maximum Gasteiger partial charge on any atom is 0.324 e. The molecule has 2 saturated heterocycles. The minimum absolute atomic E-state index is 0.159. The van der Waals surface area contributed by atoms with Gasteiger partial charge in [0.25, 0.3) is 0 Å². The number of rotatable bonds is 4. The van der Waals surface area contributed by atoms with E-state index in [2.05, 4.69) is 22.5 Å². The maximum absolute atomic E-state index is 12.3. The molecule has 0 unspecified atom stereocenters. The van der Waals surface area contributed by atoms with Crippen molar-refractivity contribution in [2.24, 2.45) is 0 Å². The molecule has 2 fully saturated rings. The number of hydrogen-bond donors (Lipinski definition) is 2. The van der Waals surface area contributed by atoms with Crippen LogP contribution in [0.1, 0.15) is 5.69 Å². The predicted octanol–water partition coefficient (Wildman–Crippen LogP) is 1.51. The average Bonchev–Trinajstić information content (AvgIpc) is 3.11. The average molecular weight is 350 g/mol. The lowest BCUT2D eigenvalue weighted by atomic mass is 10.3. The number of hydrogen-bond acceptors (Lipinski definition) is 9. The van der Waals surface area contributed by atoms with E-state index in [4.69, 9.17) is 10.5 Å². The van der Waals surface area contributed by atoms with Crippen LogP contribution in [0.5, 0.6) is 0 Å². The van der Waals surface area contributed by atoms with Gasteiger partial charge in [0.1, 0.15) is 12.6 Å². The number of nitrogens with two attached hydrogens (primary N) is 1. The van der Waals surface area contributed by atoms with Gasteiger partial charge in [-0.15, -0.1) is 34.9 Å². The Bertz CT molecular complexity index is 498. The molecule has 0 radical (unpaired) electrons. The molecule has 110 valence electrons. The maximum atomic E-state index is 12.3. The summed E-state index contributed by atoms with van der Waals surface area (Å²) < 4.78 is 5.39. The summed E-state index contributed by atoms with van der Waals surface area (Å²) >= 11 is 9.43. The van der Waals surface area contributed by atoms with E-state index >= 15 is 0 Å². The van der Waals surface area contributed by atoms with Gasteiger partial charge in [-0.3, -0.25) is 9.69 Å². The molecule has 3 atom stereocenters. The molecule has 1 aromatic heterocycles. The van der Waals surface area contributed by atoms with Crippen LogP contribution >= 0.6 is 47.5 Å². The molecule has 20 heavy (non-hydrogen) atoms. The molecule has 0 saturated carbocycles. The van der Waals surface area contributed by atoms with Crippen molar-refractivity contribution in [3.05, 3.63) is 11.1 Å². The molecule has 9 heteroatoms. The summed E-state index contributed by atoms with van der Waals surface area (Å²) in [6, 6.07) is -0.159. The molecule has 2 aliphatic rings. The van der Waals surface area contributed by atoms with Crippen molar-refractivity contribution >= 4 is 58.6 Å². The Morgan fingerprint density at radius 1 is 1.55 bits per heavy atom. The molecule has 1 aromatic rings. The van der Waals surface area contributed by atoms with Crippen molar-refractivity contribution in [1.29, 1.82) is 0 Å². The van der Waals surface area contributed by atoms with E-state index in [0.29, 0.717) is 21.6 Å². The molecular weight excluding hydrogens is 334 g/mol. The number of carbonyl (C=O) groups is 1.